The maximum Gasteiger partial charge on any atom is 0.0465 e. The smallest absolute Gasteiger partial charge is 0.0465 e. The van der Waals surface area contributed by atoms with Crippen LogP contribution in [0.2, 0.25) is 0 Å². The van der Waals surface area contributed by atoms with Crippen molar-refractivity contribution in [2.24, 2.45) is 11.8 Å². The van der Waals surface area contributed by atoms with Gasteiger partial charge in [-0.05, 0) is 50.5 Å². The number of ether oxygens (including phenoxy) is 1. The number of nitrogens with one attached hydrogen (secondary N) is 1. The van der Waals surface area contributed by atoms with E-state index in [0.29, 0.717) is 0 Å². The molecule has 0 amide bonds. The molecule has 82 valence electrons. The Morgan fingerprint density at radius 3 is 2.71 bits per heavy atom. The molecule has 1 N–H and O–H groups in total. The molecule has 2 heteroatoms. The summed E-state index contributed by atoms with van der Waals surface area (Å²) in [4.78, 5) is 0. The Hall–Kier alpha value is -0.0800. The lowest BCUT2D eigenvalue weighted by molar-refractivity contribution is 0.151. The van der Waals surface area contributed by atoms with Crippen molar-refractivity contribution in [3.8, 4) is 0 Å². The van der Waals surface area contributed by atoms with Gasteiger partial charge in [0.25, 0.3) is 0 Å². The molecule has 0 aromatic rings. The maximum absolute atomic E-state index is 5.21. The van der Waals surface area contributed by atoms with Gasteiger partial charge in [0, 0.05) is 19.8 Å². The second-order valence-electron chi connectivity index (χ2n) is 4.84. The first-order chi connectivity index (χ1) is 6.92. The third-order valence-electron chi connectivity index (χ3n) is 3.75. The first-order valence-corrected chi connectivity index (χ1v) is 6.14. The molecule has 2 nitrogen and oxygen atoms in total. The lowest BCUT2D eigenvalue weighted by Gasteiger charge is -2.31. The summed E-state index contributed by atoms with van der Waals surface area (Å²) in [6, 6.07) is 0.798. The molecule has 1 aliphatic heterocycles. The molecule has 0 bridgehead atoms. The molecule has 0 radical (unpaired) electrons. The molecular weight excluding hydrogens is 174 g/mol. The Morgan fingerprint density at radius 1 is 1.29 bits per heavy atom. The topological polar surface area (TPSA) is 21.3 Å². The van der Waals surface area contributed by atoms with E-state index in [-0.39, 0.29) is 0 Å². The van der Waals surface area contributed by atoms with E-state index in [1.54, 1.807) is 0 Å². The average Bonchev–Trinajstić information content (AvgIpc) is 3.04. The number of rotatable bonds is 5. The fraction of sp³-hybridized carbons (Fsp3) is 1.00. The predicted octanol–water partition coefficient (Wildman–Crippen LogP) is 2.19. The molecule has 2 rings (SSSR count). The molecular formula is C12H23NO. The molecule has 1 aliphatic carbocycles. The Balaban J connectivity index is 1.81. The van der Waals surface area contributed by atoms with Gasteiger partial charge in [-0.25, -0.2) is 0 Å². The third kappa shape index (κ3) is 2.71. The highest BCUT2D eigenvalue weighted by molar-refractivity contribution is 4.90. The molecule has 2 aliphatic rings. The molecule has 0 spiro atoms. The fourth-order valence-corrected chi connectivity index (χ4v) is 2.79. The summed E-state index contributed by atoms with van der Waals surface area (Å²) in [5.41, 5.74) is 0. The number of methoxy groups -OCH3 is 1. The highest BCUT2D eigenvalue weighted by Crippen LogP contribution is 2.41. The molecule has 2 unspecified atom stereocenters. The largest absolute Gasteiger partial charge is 0.385 e. The van der Waals surface area contributed by atoms with Gasteiger partial charge in [-0.2, -0.15) is 0 Å². The van der Waals surface area contributed by atoms with E-state index >= 15 is 0 Å². The van der Waals surface area contributed by atoms with Crippen LogP contribution >= 0.6 is 0 Å². The standard InChI is InChI=1S/C12H23NO/c1-14-9-7-11(10-5-6-10)12-4-2-3-8-13-12/h10-13H,2-9H2,1H3. The summed E-state index contributed by atoms with van der Waals surface area (Å²) in [5, 5.41) is 3.69. The zero-order valence-corrected chi connectivity index (χ0v) is 9.30. The van der Waals surface area contributed by atoms with E-state index in [1.807, 2.05) is 7.11 Å². The van der Waals surface area contributed by atoms with E-state index in [1.165, 1.54) is 45.1 Å². The van der Waals surface area contributed by atoms with Crippen LogP contribution in [0.1, 0.15) is 38.5 Å². The van der Waals surface area contributed by atoms with Crippen LogP contribution in [-0.4, -0.2) is 26.3 Å². The number of hydrogen-bond donors (Lipinski definition) is 1. The summed E-state index contributed by atoms with van der Waals surface area (Å²) in [6.07, 6.45) is 8.38. The SMILES string of the molecule is COCCC(C1CC1)C1CCCCN1. The quantitative estimate of drug-likeness (QED) is 0.729. The van der Waals surface area contributed by atoms with Crippen LogP contribution < -0.4 is 5.32 Å². The highest BCUT2D eigenvalue weighted by atomic mass is 16.5. The first kappa shape index (κ1) is 10.4. The highest BCUT2D eigenvalue weighted by Gasteiger charge is 2.36. The second-order valence-corrected chi connectivity index (χ2v) is 4.84. The molecule has 14 heavy (non-hydrogen) atoms. The van der Waals surface area contributed by atoms with Crippen LogP contribution in [0.25, 0.3) is 0 Å². The van der Waals surface area contributed by atoms with E-state index in [4.69, 9.17) is 4.74 Å². The maximum atomic E-state index is 5.21. The van der Waals surface area contributed by atoms with Gasteiger partial charge in [-0.1, -0.05) is 6.42 Å². The van der Waals surface area contributed by atoms with Gasteiger partial charge < -0.3 is 10.1 Å². The van der Waals surface area contributed by atoms with Crippen LogP contribution in [0.5, 0.6) is 0 Å². The van der Waals surface area contributed by atoms with Gasteiger partial charge in [0.15, 0.2) is 0 Å². The summed E-state index contributed by atoms with van der Waals surface area (Å²) in [5.74, 6) is 1.91. The predicted molar refractivity (Wildman–Crippen MR) is 58.3 cm³/mol. The van der Waals surface area contributed by atoms with Crippen molar-refractivity contribution >= 4 is 0 Å². The Kier molecular flexibility index (Phi) is 3.82. The van der Waals surface area contributed by atoms with E-state index in [9.17, 15) is 0 Å². The van der Waals surface area contributed by atoms with Gasteiger partial charge in [-0.15, -0.1) is 0 Å². The molecule has 1 saturated heterocycles. The van der Waals surface area contributed by atoms with E-state index in [0.717, 1.165) is 24.5 Å². The van der Waals surface area contributed by atoms with Crippen molar-refractivity contribution in [1.82, 2.24) is 5.32 Å². The fourth-order valence-electron chi connectivity index (χ4n) is 2.79. The summed E-state index contributed by atoms with van der Waals surface area (Å²) in [7, 11) is 1.82. The minimum absolute atomic E-state index is 0.798. The third-order valence-corrected chi connectivity index (χ3v) is 3.75. The Morgan fingerprint density at radius 2 is 2.14 bits per heavy atom. The van der Waals surface area contributed by atoms with Crippen LogP contribution in [0, 0.1) is 11.8 Å². The monoisotopic (exact) mass is 197 g/mol. The summed E-state index contributed by atoms with van der Waals surface area (Å²) >= 11 is 0. The van der Waals surface area contributed by atoms with E-state index in [2.05, 4.69) is 5.32 Å². The van der Waals surface area contributed by atoms with Crippen molar-refractivity contribution in [3.05, 3.63) is 0 Å². The lowest BCUT2D eigenvalue weighted by Crippen LogP contribution is -2.41. The normalized spacial score (nSPS) is 30.2. The van der Waals surface area contributed by atoms with Gasteiger partial charge >= 0.3 is 0 Å². The lowest BCUT2D eigenvalue weighted by atomic mass is 9.86. The molecule has 2 fully saturated rings. The number of piperidine rings is 1. The first-order valence-electron chi connectivity index (χ1n) is 6.14. The van der Waals surface area contributed by atoms with Crippen molar-refractivity contribution in [3.63, 3.8) is 0 Å². The van der Waals surface area contributed by atoms with Gasteiger partial charge in [0.2, 0.25) is 0 Å². The summed E-state index contributed by atoms with van der Waals surface area (Å²) < 4.78 is 5.21. The Bertz CT molecular complexity index is 162. The molecule has 1 saturated carbocycles. The summed E-state index contributed by atoms with van der Waals surface area (Å²) in [6.45, 7) is 2.18. The van der Waals surface area contributed by atoms with Gasteiger partial charge in [0.1, 0.15) is 0 Å². The van der Waals surface area contributed by atoms with Crippen LogP contribution in [0.15, 0.2) is 0 Å². The van der Waals surface area contributed by atoms with E-state index < -0.39 is 0 Å². The van der Waals surface area contributed by atoms with Crippen molar-refractivity contribution in [1.29, 1.82) is 0 Å². The minimum atomic E-state index is 0.798. The van der Waals surface area contributed by atoms with Crippen molar-refractivity contribution in [2.75, 3.05) is 20.3 Å². The molecule has 2 atom stereocenters. The minimum Gasteiger partial charge on any atom is -0.385 e. The zero-order valence-electron chi connectivity index (χ0n) is 9.30. The van der Waals surface area contributed by atoms with Crippen LogP contribution in [-0.2, 0) is 4.74 Å². The molecule has 0 aromatic heterocycles. The number of hydrogen-bond acceptors (Lipinski definition) is 2. The van der Waals surface area contributed by atoms with Crippen molar-refractivity contribution < 1.29 is 4.74 Å². The van der Waals surface area contributed by atoms with Crippen molar-refractivity contribution in [2.45, 2.75) is 44.6 Å². The van der Waals surface area contributed by atoms with Gasteiger partial charge in [-0.3, -0.25) is 0 Å². The molecule has 0 aromatic carbocycles. The van der Waals surface area contributed by atoms with Crippen LogP contribution in [0.4, 0.5) is 0 Å². The van der Waals surface area contributed by atoms with Crippen LogP contribution in [0.3, 0.4) is 0 Å². The second kappa shape index (κ2) is 5.13. The van der Waals surface area contributed by atoms with Gasteiger partial charge in [0.05, 0.1) is 0 Å². The Labute approximate surface area is 87.4 Å². The molecule has 1 heterocycles. The zero-order chi connectivity index (χ0) is 9.80. The average molecular weight is 197 g/mol.